The maximum atomic E-state index is 13.4. The summed E-state index contributed by atoms with van der Waals surface area (Å²) >= 11 is 6.55. The van der Waals surface area contributed by atoms with Crippen LogP contribution in [0, 0.1) is 25.6 Å². The van der Waals surface area contributed by atoms with Crippen LogP contribution in [0.15, 0.2) is 47.4 Å². The lowest BCUT2D eigenvalue weighted by molar-refractivity contribution is 0.401. The summed E-state index contributed by atoms with van der Waals surface area (Å²) in [5, 5.41) is 0.517. The van der Waals surface area contributed by atoms with Gasteiger partial charge in [0, 0.05) is 24.8 Å². The molecular formula is C23H24ClFN4O. The largest absolute Gasteiger partial charge is 0.355 e. The molecule has 2 aromatic heterocycles. The van der Waals surface area contributed by atoms with Crippen molar-refractivity contribution in [1.82, 2.24) is 14.5 Å². The zero-order valence-corrected chi connectivity index (χ0v) is 17.9. The van der Waals surface area contributed by atoms with Crippen LogP contribution in [0.2, 0.25) is 5.02 Å². The van der Waals surface area contributed by atoms with Crippen LogP contribution in [-0.4, -0.2) is 27.6 Å². The van der Waals surface area contributed by atoms with Crippen LogP contribution in [0.25, 0.3) is 5.69 Å². The highest BCUT2D eigenvalue weighted by Crippen LogP contribution is 2.30. The lowest BCUT2D eigenvalue weighted by Gasteiger charge is -2.33. The molecule has 0 saturated carbocycles. The SMILES string of the molecule is Cc1cc(=O)n(-c2cnc(N3CCC(Cc4cccc(F)c4)CC3)c(Cl)c2)c(C)n1. The minimum Gasteiger partial charge on any atom is -0.355 e. The summed E-state index contributed by atoms with van der Waals surface area (Å²) in [7, 11) is 0. The number of aryl methyl sites for hydroxylation is 2. The van der Waals surface area contributed by atoms with Crippen molar-refractivity contribution in [1.29, 1.82) is 0 Å². The Labute approximate surface area is 180 Å². The molecule has 3 aromatic rings. The molecule has 0 amide bonds. The van der Waals surface area contributed by atoms with E-state index in [1.807, 2.05) is 6.07 Å². The number of pyridine rings is 1. The van der Waals surface area contributed by atoms with Crippen molar-refractivity contribution in [2.24, 2.45) is 5.92 Å². The molecule has 1 aliphatic rings. The third-order valence-electron chi connectivity index (χ3n) is 5.61. The molecule has 1 fully saturated rings. The second-order valence-corrected chi connectivity index (χ2v) is 8.29. The first-order chi connectivity index (χ1) is 14.4. The van der Waals surface area contributed by atoms with Gasteiger partial charge in [-0.2, -0.15) is 0 Å². The topological polar surface area (TPSA) is 51.0 Å². The van der Waals surface area contributed by atoms with Gasteiger partial charge in [0.1, 0.15) is 17.5 Å². The fraction of sp³-hybridized carbons (Fsp3) is 0.348. The van der Waals surface area contributed by atoms with Gasteiger partial charge in [-0.15, -0.1) is 0 Å². The molecule has 3 heterocycles. The van der Waals surface area contributed by atoms with E-state index in [1.165, 1.54) is 16.7 Å². The summed E-state index contributed by atoms with van der Waals surface area (Å²) < 4.78 is 14.9. The zero-order valence-electron chi connectivity index (χ0n) is 17.1. The summed E-state index contributed by atoms with van der Waals surface area (Å²) in [6, 6.07) is 10.1. The highest BCUT2D eigenvalue weighted by atomic mass is 35.5. The normalized spacial score (nSPS) is 14.9. The van der Waals surface area contributed by atoms with Gasteiger partial charge in [-0.3, -0.25) is 9.36 Å². The number of piperidine rings is 1. The van der Waals surface area contributed by atoms with Gasteiger partial charge in [0.25, 0.3) is 5.56 Å². The third-order valence-corrected chi connectivity index (χ3v) is 5.89. The van der Waals surface area contributed by atoms with Crippen molar-refractivity contribution in [3.05, 3.63) is 80.9 Å². The maximum absolute atomic E-state index is 13.4. The zero-order chi connectivity index (χ0) is 21.3. The number of anilines is 1. The summed E-state index contributed by atoms with van der Waals surface area (Å²) in [6.45, 7) is 5.28. The first kappa shape index (κ1) is 20.5. The molecule has 1 aromatic carbocycles. The standard InChI is InChI=1S/C23H24ClFN4O/c1-15-10-22(30)29(16(2)27-15)20-13-21(24)23(26-14-20)28-8-6-17(7-9-28)11-18-4-3-5-19(25)12-18/h3-5,10,12-14,17H,6-9,11H2,1-2H3. The fourth-order valence-electron chi connectivity index (χ4n) is 4.18. The Hall–Kier alpha value is -2.73. The molecule has 0 spiro atoms. The van der Waals surface area contributed by atoms with Crippen molar-refractivity contribution >= 4 is 17.4 Å². The summed E-state index contributed by atoms with van der Waals surface area (Å²) in [5.41, 5.74) is 2.19. The van der Waals surface area contributed by atoms with Crippen molar-refractivity contribution in [3.63, 3.8) is 0 Å². The number of aromatic nitrogens is 3. The monoisotopic (exact) mass is 426 g/mol. The Balaban J connectivity index is 1.47. The molecule has 7 heteroatoms. The minimum absolute atomic E-state index is 0.149. The minimum atomic E-state index is -0.181. The van der Waals surface area contributed by atoms with Gasteiger partial charge >= 0.3 is 0 Å². The molecule has 0 unspecified atom stereocenters. The highest BCUT2D eigenvalue weighted by Gasteiger charge is 2.22. The average molecular weight is 427 g/mol. The van der Waals surface area contributed by atoms with Gasteiger partial charge in [0.2, 0.25) is 0 Å². The molecule has 4 rings (SSSR count). The second-order valence-electron chi connectivity index (χ2n) is 7.88. The van der Waals surface area contributed by atoms with Gasteiger partial charge in [0.05, 0.1) is 16.9 Å². The number of benzene rings is 1. The van der Waals surface area contributed by atoms with Crippen LogP contribution >= 0.6 is 11.6 Å². The third kappa shape index (κ3) is 4.38. The van der Waals surface area contributed by atoms with E-state index in [-0.39, 0.29) is 11.4 Å². The Kier molecular flexibility index (Phi) is 5.86. The molecule has 0 aliphatic carbocycles. The van der Waals surface area contributed by atoms with Crippen LogP contribution in [0.5, 0.6) is 0 Å². The van der Waals surface area contributed by atoms with Crippen molar-refractivity contribution < 1.29 is 4.39 Å². The Morgan fingerprint density at radius 2 is 1.93 bits per heavy atom. The molecule has 0 radical (unpaired) electrons. The van der Waals surface area contributed by atoms with Gasteiger partial charge in [0.15, 0.2) is 0 Å². The molecule has 0 N–H and O–H groups in total. The highest BCUT2D eigenvalue weighted by molar-refractivity contribution is 6.33. The molecule has 1 saturated heterocycles. The van der Waals surface area contributed by atoms with Gasteiger partial charge < -0.3 is 4.90 Å². The van der Waals surface area contributed by atoms with Gasteiger partial charge in [-0.05, 0) is 62.8 Å². The summed E-state index contributed by atoms with van der Waals surface area (Å²) in [4.78, 5) is 23.5. The van der Waals surface area contributed by atoms with E-state index >= 15 is 0 Å². The number of hydrogen-bond acceptors (Lipinski definition) is 4. The quantitative estimate of drug-likeness (QED) is 0.616. The predicted molar refractivity (Wildman–Crippen MR) is 117 cm³/mol. The van der Waals surface area contributed by atoms with Crippen LogP contribution < -0.4 is 10.5 Å². The smallest absolute Gasteiger partial charge is 0.258 e. The van der Waals surface area contributed by atoms with Crippen LogP contribution in [0.3, 0.4) is 0 Å². The molecule has 0 bridgehead atoms. The lowest BCUT2D eigenvalue weighted by Crippen LogP contribution is -2.35. The molecule has 30 heavy (non-hydrogen) atoms. The Morgan fingerprint density at radius 3 is 2.60 bits per heavy atom. The molecule has 1 aliphatic heterocycles. The summed E-state index contributed by atoms with van der Waals surface area (Å²) in [6.07, 6.45) is 4.55. The fourth-order valence-corrected chi connectivity index (χ4v) is 4.46. The van der Waals surface area contributed by atoms with E-state index in [4.69, 9.17) is 11.6 Å². The van der Waals surface area contributed by atoms with Gasteiger partial charge in [-0.25, -0.2) is 14.4 Å². The Morgan fingerprint density at radius 1 is 1.17 bits per heavy atom. The van der Waals surface area contributed by atoms with Crippen molar-refractivity contribution in [3.8, 4) is 5.69 Å². The summed E-state index contributed by atoms with van der Waals surface area (Å²) in [5.74, 6) is 1.67. The van der Waals surface area contributed by atoms with E-state index < -0.39 is 0 Å². The van der Waals surface area contributed by atoms with Crippen LogP contribution in [0.1, 0.15) is 29.9 Å². The van der Waals surface area contributed by atoms with Gasteiger partial charge in [-0.1, -0.05) is 23.7 Å². The molecule has 156 valence electrons. The van der Waals surface area contributed by atoms with E-state index in [0.29, 0.717) is 28.1 Å². The van der Waals surface area contributed by atoms with Crippen molar-refractivity contribution in [2.45, 2.75) is 33.1 Å². The van der Waals surface area contributed by atoms with Crippen LogP contribution in [0.4, 0.5) is 10.2 Å². The second kappa shape index (κ2) is 8.56. The van der Waals surface area contributed by atoms with Crippen molar-refractivity contribution in [2.75, 3.05) is 18.0 Å². The first-order valence-corrected chi connectivity index (χ1v) is 10.5. The molecular weight excluding hydrogens is 403 g/mol. The van der Waals surface area contributed by atoms with E-state index in [0.717, 1.165) is 43.7 Å². The van der Waals surface area contributed by atoms with E-state index in [9.17, 15) is 9.18 Å². The Bertz CT molecular complexity index is 1120. The molecule has 0 atom stereocenters. The maximum Gasteiger partial charge on any atom is 0.258 e. The number of rotatable bonds is 4. The number of halogens is 2. The van der Waals surface area contributed by atoms with E-state index in [1.54, 1.807) is 38.2 Å². The van der Waals surface area contributed by atoms with Crippen LogP contribution in [-0.2, 0) is 6.42 Å². The number of nitrogens with zero attached hydrogens (tertiary/aromatic N) is 4. The molecule has 5 nitrogen and oxygen atoms in total. The average Bonchev–Trinajstić information content (AvgIpc) is 2.68. The first-order valence-electron chi connectivity index (χ1n) is 10.1. The van der Waals surface area contributed by atoms with E-state index in [2.05, 4.69) is 14.9 Å². The lowest BCUT2D eigenvalue weighted by atomic mass is 9.90. The number of hydrogen-bond donors (Lipinski definition) is 0. The predicted octanol–water partition coefficient (Wildman–Crippen LogP) is 4.50.